The summed E-state index contributed by atoms with van der Waals surface area (Å²) in [7, 11) is 0. The number of nitrogens with one attached hydrogen (secondary N) is 3. The molecular weight excluding hydrogens is 404 g/mol. The Hall–Kier alpha value is -4.26. The van der Waals surface area contributed by atoms with Gasteiger partial charge in [-0.25, -0.2) is 4.98 Å². The Morgan fingerprint density at radius 3 is 2.72 bits per heavy atom. The molecule has 1 aliphatic rings. The molecule has 3 heterocycles. The Morgan fingerprint density at radius 2 is 1.81 bits per heavy atom. The van der Waals surface area contributed by atoms with Crippen LogP contribution in [0.4, 0.5) is 5.69 Å². The second-order valence-corrected chi connectivity index (χ2v) is 7.76. The normalized spacial score (nSPS) is 12.9. The van der Waals surface area contributed by atoms with Crippen molar-refractivity contribution in [2.75, 3.05) is 18.5 Å². The van der Waals surface area contributed by atoms with Crippen molar-refractivity contribution in [2.24, 2.45) is 0 Å². The van der Waals surface area contributed by atoms with Crippen LogP contribution in [0.1, 0.15) is 5.56 Å². The Kier molecular flexibility index (Phi) is 4.31. The van der Waals surface area contributed by atoms with Gasteiger partial charge in [-0.2, -0.15) is 0 Å². The standard InChI is InChI=1S/C25H20N4O3/c30-24(11-16-14-26-19-7-2-1-6-18(16)19)27-17-5-3-4-15(10-17)25-28-20-12-22-23(13-21(20)29-25)32-9-8-31-22/h1-7,10,12-14,26H,8-9,11H2,(H,27,30)(H,28,29). The fraction of sp³-hybridized carbons (Fsp3) is 0.120. The first-order chi connectivity index (χ1) is 15.7. The molecule has 2 aromatic heterocycles. The van der Waals surface area contributed by atoms with Crippen molar-refractivity contribution >= 4 is 33.5 Å². The first-order valence-corrected chi connectivity index (χ1v) is 10.5. The molecule has 0 spiro atoms. The molecule has 3 N–H and O–H groups in total. The van der Waals surface area contributed by atoms with Gasteiger partial charge in [-0.3, -0.25) is 4.79 Å². The van der Waals surface area contributed by atoms with E-state index in [4.69, 9.17) is 14.5 Å². The number of hydrogen-bond donors (Lipinski definition) is 3. The average molecular weight is 424 g/mol. The highest BCUT2D eigenvalue weighted by Gasteiger charge is 2.16. The summed E-state index contributed by atoms with van der Waals surface area (Å²) < 4.78 is 11.3. The average Bonchev–Trinajstić information content (AvgIpc) is 3.41. The number of hydrogen-bond acceptors (Lipinski definition) is 4. The first kappa shape index (κ1) is 18.5. The van der Waals surface area contributed by atoms with E-state index in [2.05, 4.69) is 15.3 Å². The third kappa shape index (κ3) is 3.33. The van der Waals surface area contributed by atoms with Gasteiger partial charge in [-0.05, 0) is 23.8 Å². The fourth-order valence-electron chi connectivity index (χ4n) is 4.08. The van der Waals surface area contributed by atoms with Crippen LogP contribution in [0.25, 0.3) is 33.3 Å². The number of carbonyl (C=O) groups excluding carboxylic acids is 1. The molecule has 0 fully saturated rings. The number of carbonyl (C=O) groups is 1. The smallest absolute Gasteiger partial charge is 0.228 e. The fourth-order valence-corrected chi connectivity index (χ4v) is 4.08. The number of amides is 1. The maximum atomic E-state index is 12.7. The zero-order valence-corrected chi connectivity index (χ0v) is 17.1. The van der Waals surface area contributed by atoms with Gasteiger partial charge in [-0.1, -0.05) is 30.3 Å². The van der Waals surface area contributed by atoms with E-state index in [9.17, 15) is 4.79 Å². The van der Waals surface area contributed by atoms with Gasteiger partial charge < -0.3 is 24.8 Å². The van der Waals surface area contributed by atoms with Crippen LogP contribution in [0.3, 0.4) is 0 Å². The summed E-state index contributed by atoms with van der Waals surface area (Å²) >= 11 is 0. The summed E-state index contributed by atoms with van der Waals surface area (Å²) in [6.45, 7) is 1.08. The number of imidazole rings is 1. The number of aromatic amines is 2. The Balaban J connectivity index is 1.24. The second kappa shape index (κ2) is 7.46. The lowest BCUT2D eigenvalue weighted by atomic mass is 10.1. The van der Waals surface area contributed by atoms with Crippen LogP contribution in [0, 0.1) is 0 Å². The number of rotatable bonds is 4. The zero-order valence-electron chi connectivity index (χ0n) is 17.1. The number of H-pyrrole nitrogens is 2. The Bertz CT molecular complexity index is 1420. The molecule has 7 nitrogen and oxygen atoms in total. The van der Waals surface area contributed by atoms with Crippen LogP contribution in [-0.4, -0.2) is 34.1 Å². The number of fused-ring (bicyclic) bond motifs is 3. The largest absolute Gasteiger partial charge is 0.486 e. The summed E-state index contributed by atoms with van der Waals surface area (Å²) in [5, 5.41) is 4.06. The van der Waals surface area contributed by atoms with Crippen molar-refractivity contribution in [1.82, 2.24) is 15.0 Å². The lowest BCUT2D eigenvalue weighted by Gasteiger charge is -2.17. The van der Waals surface area contributed by atoms with Gasteiger partial charge in [0.05, 0.1) is 17.5 Å². The van der Waals surface area contributed by atoms with E-state index in [-0.39, 0.29) is 5.91 Å². The molecule has 32 heavy (non-hydrogen) atoms. The van der Waals surface area contributed by atoms with Crippen molar-refractivity contribution in [2.45, 2.75) is 6.42 Å². The third-order valence-corrected chi connectivity index (χ3v) is 5.59. The van der Waals surface area contributed by atoms with Crippen molar-refractivity contribution in [3.8, 4) is 22.9 Å². The van der Waals surface area contributed by atoms with Gasteiger partial charge >= 0.3 is 0 Å². The van der Waals surface area contributed by atoms with Gasteiger partial charge in [0, 0.05) is 40.5 Å². The minimum absolute atomic E-state index is 0.0709. The van der Waals surface area contributed by atoms with Crippen LogP contribution in [0.2, 0.25) is 0 Å². The van der Waals surface area contributed by atoms with Crippen LogP contribution in [0.15, 0.2) is 66.9 Å². The quantitative estimate of drug-likeness (QED) is 0.391. The number of aromatic nitrogens is 3. The number of benzene rings is 3. The topological polar surface area (TPSA) is 92.0 Å². The third-order valence-electron chi connectivity index (χ3n) is 5.59. The molecule has 0 saturated heterocycles. The molecule has 6 rings (SSSR count). The highest BCUT2D eigenvalue weighted by molar-refractivity contribution is 5.96. The van der Waals surface area contributed by atoms with Gasteiger partial charge in [0.2, 0.25) is 5.91 Å². The van der Waals surface area contributed by atoms with Crippen LogP contribution < -0.4 is 14.8 Å². The lowest BCUT2D eigenvalue weighted by molar-refractivity contribution is -0.115. The number of nitrogens with zero attached hydrogens (tertiary/aromatic N) is 1. The van der Waals surface area contributed by atoms with Crippen molar-refractivity contribution in [3.63, 3.8) is 0 Å². The minimum atomic E-state index is -0.0709. The van der Waals surface area contributed by atoms with E-state index in [0.717, 1.165) is 50.3 Å². The van der Waals surface area contributed by atoms with E-state index in [1.807, 2.05) is 66.9 Å². The van der Waals surface area contributed by atoms with Crippen LogP contribution >= 0.6 is 0 Å². The van der Waals surface area contributed by atoms with E-state index in [1.165, 1.54) is 0 Å². The molecule has 7 heteroatoms. The van der Waals surface area contributed by atoms with Gasteiger partial charge in [-0.15, -0.1) is 0 Å². The molecule has 0 unspecified atom stereocenters. The lowest BCUT2D eigenvalue weighted by Crippen LogP contribution is -2.15. The molecule has 158 valence electrons. The monoisotopic (exact) mass is 424 g/mol. The molecule has 0 bridgehead atoms. The van der Waals surface area contributed by atoms with Gasteiger partial charge in [0.1, 0.15) is 19.0 Å². The number of ether oxygens (including phenoxy) is 2. The molecule has 5 aromatic rings. The predicted octanol–water partition coefficient (Wildman–Crippen LogP) is 4.66. The molecule has 1 aliphatic heterocycles. The zero-order chi connectivity index (χ0) is 21.5. The maximum Gasteiger partial charge on any atom is 0.228 e. The second-order valence-electron chi connectivity index (χ2n) is 7.76. The molecule has 0 aliphatic carbocycles. The predicted molar refractivity (Wildman–Crippen MR) is 123 cm³/mol. The van der Waals surface area contributed by atoms with E-state index in [1.54, 1.807) is 0 Å². The van der Waals surface area contributed by atoms with Crippen molar-refractivity contribution < 1.29 is 14.3 Å². The van der Waals surface area contributed by atoms with Crippen LogP contribution in [0.5, 0.6) is 11.5 Å². The van der Waals surface area contributed by atoms with E-state index >= 15 is 0 Å². The van der Waals surface area contributed by atoms with Crippen molar-refractivity contribution in [3.05, 3.63) is 72.4 Å². The highest BCUT2D eigenvalue weighted by Crippen LogP contribution is 2.35. The van der Waals surface area contributed by atoms with Gasteiger partial charge in [0.25, 0.3) is 0 Å². The summed E-state index contributed by atoms with van der Waals surface area (Å²) in [6, 6.07) is 19.4. The summed E-state index contributed by atoms with van der Waals surface area (Å²) in [5.74, 6) is 2.07. The summed E-state index contributed by atoms with van der Waals surface area (Å²) in [6.07, 6.45) is 2.19. The Morgan fingerprint density at radius 1 is 0.969 bits per heavy atom. The molecule has 1 amide bonds. The van der Waals surface area contributed by atoms with Crippen molar-refractivity contribution in [1.29, 1.82) is 0 Å². The summed E-state index contributed by atoms with van der Waals surface area (Å²) in [4.78, 5) is 23.9. The molecule has 0 saturated carbocycles. The van der Waals surface area contributed by atoms with E-state index < -0.39 is 0 Å². The molecule has 0 atom stereocenters. The molecule has 3 aromatic carbocycles. The first-order valence-electron chi connectivity index (χ1n) is 10.5. The SMILES string of the molecule is O=C(Cc1c[nH]c2ccccc12)Nc1cccc(-c2nc3cc4c(cc3[nH]2)OCCO4)c1. The maximum absolute atomic E-state index is 12.7. The molecular formula is C25H20N4O3. The summed E-state index contributed by atoms with van der Waals surface area (Å²) in [5.41, 5.74) is 5.28. The number of para-hydroxylation sites is 1. The van der Waals surface area contributed by atoms with Gasteiger partial charge in [0.15, 0.2) is 11.5 Å². The van der Waals surface area contributed by atoms with Crippen LogP contribution in [-0.2, 0) is 11.2 Å². The van der Waals surface area contributed by atoms with E-state index in [0.29, 0.717) is 25.4 Å². The number of anilines is 1. The minimum Gasteiger partial charge on any atom is -0.486 e. The Labute approximate surface area is 183 Å². The molecule has 0 radical (unpaired) electrons. The highest BCUT2D eigenvalue weighted by atomic mass is 16.6.